The van der Waals surface area contributed by atoms with E-state index < -0.39 is 16.9 Å². The quantitative estimate of drug-likeness (QED) is 0.560. The number of hydrogen-bond acceptors (Lipinski definition) is 4. The van der Waals surface area contributed by atoms with E-state index in [0.717, 1.165) is 0 Å². The first kappa shape index (κ1) is 12.2. The highest BCUT2D eigenvalue weighted by Crippen LogP contribution is 2.14. The molecule has 1 heterocycles. The van der Waals surface area contributed by atoms with Crippen LogP contribution in [0, 0.1) is 10.1 Å². The van der Waals surface area contributed by atoms with Crippen molar-refractivity contribution in [3.63, 3.8) is 0 Å². The Hall–Kier alpha value is -1.89. The first-order valence-electron chi connectivity index (χ1n) is 4.69. The van der Waals surface area contributed by atoms with Crippen molar-refractivity contribution in [1.82, 2.24) is 9.88 Å². The predicted octanol–water partition coefficient (Wildman–Crippen LogP) is 0.0439. The number of nitrogens with one attached hydrogen (secondary N) is 1. The molecule has 1 rings (SSSR count). The van der Waals surface area contributed by atoms with Crippen molar-refractivity contribution in [1.29, 1.82) is 0 Å². The number of carbonyl (C=O) groups excluding carboxylic acids is 1. The summed E-state index contributed by atoms with van der Waals surface area (Å²) >= 11 is 0. The minimum atomic E-state index is -0.654. The van der Waals surface area contributed by atoms with Crippen molar-refractivity contribution in [2.24, 2.45) is 7.05 Å². The molecule has 1 aromatic rings. The third-order valence-electron chi connectivity index (χ3n) is 1.99. The number of hydrogen-bond donors (Lipinski definition) is 2. The largest absolute Gasteiger partial charge is 0.392 e. The smallest absolute Gasteiger partial charge is 0.287 e. The summed E-state index contributed by atoms with van der Waals surface area (Å²) in [6.07, 6.45) is 0.608. The van der Waals surface area contributed by atoms with E-state index in [9.17, 15) is 14.9 Å². The maximum atomic E-state index is 11.5. The molecular formula is C9H13N3O4. The zero-order valence-corrected chi connectivity index (χ0v) is 9.01. The molecule has 0 aromatic carbocycles. The lowest BCUT2D eigenvalue weighted by Crippen LogP contribution is -2.31. The second-order valence-electron chi connectivity index (χ2n) is 3.51. The van der Waals surface area contributed by atoms with Crippen LogP contribution in [0.2, 0.25) is 0 Å². The van der Waals surface area contributed by atoms with Gasteiger partial charge in [-0.2, -0.15) is 0 Å². The molecule has 7 heteroatoms. The van der Waals surface area contributed by atoms with Crippen molar-refractivity contribution in [2.75, 3.05) is 6.54 Å². The van der Waals surface area contributed by atoms with E-state index in [2.05, 4.69) is 5.32 Å². The van der Waals surface area contributed by atoms with Gasteiger partial charge in [0.2, 0.25) is 0 Å². The van der Waals surface area contributed by atoms with Crippen molar-refractivity contribution >= 4 is 11.6 Å². The van der Waals surface area contributed by atoms with Crippen LogP contribution in [0.1, 0.15) is 17.4 Å². The highest BCUT2D eigenvalue weighted by Gasteiger charge is 2.17. The van der Waals surface area contributed by atoms with Crippen molar-refractivity contribution in [3.05, 3.63) is 28.1 Å². The lowest BCUT2D eigenvalue weighted by atomic mass is 10.3. The third kappa shape index (κ3) is 2.80. The van der Waals surface area contributed by atoms with Crippen LogP contribution in [-0.4, -0.2) is 33.2 Å². The van der Waals surface area contributed by atoms with Crippen LogP contribution >= 0.6 is 0 Å². The number of nitrogens with zero attached hydrogens (tertiary/aromatic N) is 2. The monoisotopic (exact) mass is 227 g/mol. The van der Waals surface area contributed by atoms with E-state index in [1.165, 1.54) is 23.8 Å². The number of aromatic nitrogens is 1. The topological polar surface area (TPSA) is 97.4 Å². The Morgan fingerprint density at radius 2 is 2.38 bits per heavy atom. The van der Waals surface area contributed by atoms with Crippen molar-refractivity contribution < 1.29 is 14.8 Å². The highest BCUT2D eigenvalue weighted by atomic mass is 16.6. The lowest BCUT2D eigenvalue weighted by molar-refractivity contribution is -0.384. The summed E-state index contributed by atoms with van der Waals surface area (Å²) in [5.74, 6) is -0.448. The van der Waals surface area contributed by atoms with E-state index >= 15 is 0 Å². The standard InChI is InChI=1S/C9H13N3O4/c1-6(13)4-10-9(14)8-3-7(12(15)16)5-11(8)2/h3,5-6,13H,4H2,1-2H3,(H,10,14)/t6-/m1/s1. The molecule has 0 aliphatic rings. The highest BCUT2D eigenvalue weighted by molar-refractivity contribution is 5.93. The Kier molecular flexibility index (Phi) is 3.62. The molecule has 1 amide bonds. The summed E-state index contributed by atoms with van der Waals surface area (Å²) in [5.41, 5.74) is 0.0528. The minimum Gasteiger partial charge on any atom is -0.392 e. The van der Waals surface area contributed by atoms with Crippen molar-refractivity contribution in [3.8, 4) is 0 Å². The Morgan fingerprint density at radius 1 is 1.75 bits per heavy atom. The van der Waals surface area contributed by atoms with Crippen LogP contribution in [0.3, 0.4) is 0 Å². The first-order valence-corrected chi connectivity index (χ1v) is 4.69. The predicted molar refractivity (Wildman–Crippen MR) is 56.1 cm³/mol. The number of aliphatic hydroxyl groups excluding tert-OH is 1. The van der Waals surface area contributed by atoms with Gasteiger partial charge in [0.15, 0.2) is 0 Å². The second kappa shape index (κ2) is 4.75. The molecule has 16 heavy (non-hydrogen) atoms. The molecule has 0 saturated heterocycles. The van der Waals surface area contributed by atoms with Gasteiger partial charge in [0.1, 0.15) is 5.69 Å². The molecule has 2 N–H and O–H groups in total. The van der Waals surface area contributed by atoms with Crippen LogP contribution in [0.5, 0.6) is 0 Å². The maximum Gasteiger partial charge on any atom is 0.287 e. The van der Waals surface area contributed by atoms with Crippen LogP contribution in [0.15, 0.2) is 12.3 Å². The van der Waals surface area contributed by atoms with E-state index in [1.54, 1.807) is 7.05 Å². The zero-order valence-electron chi connectivity index (χ0n) is 9.01. The number of amides is 1. The van der Waals surface area contributed by atoms with Gasteiger partial charge < -0.3 is 15.0 Å². The molecule has 1 aromatic heterocycles. The molecule has 1 atom stereocenters. The normalized spacial score (nSPS) is 12.2. The fraction of sp³-hybridized carbons (Fsp3) is 0.444. The van der Waals surface area contributed by atoms with E-state index in [4.69, 9.17) is 5.11 Å². The Labute approximate surface area is 91.8 Å². The molecule has 88 valence electrons. The number of nitro groups is 1. The molecule has 0 unspecified atom stereocenters. The summed E-state index contributed by atoms with van der Waals surface area (Å²) in [5, 5.41) is 21.9. The lowest BCUT2D eigenvalue weighted by Gasteiger charge is -2.06. The van der Waals surface area contributed by atoms with Gasteiger partial charge in [0, 0.05) is 19.7 Å². The summed E-state index contributed by atoms with van der Waals surface area (Å²) in [6, 6.07) is 1.19. The van der Waals surface area contributed by atoms with Gasteiger partial charge in [-0.1, -0.05) is 0 Å². The fourth-order valence-electron chi connectivity index (χ4n) is 1.20. The van der Waals surface area contributed by atoms with Gasteiger partial charge in [-0.25, -0.2) is 0 Å². The van der Waals surface area contributed by atoms with Gasteiger partial charge in [-0.05, 0) is 6.92 Å². The molecule has 0 bridgehead atoms. The molecule has 0 spiro atoms. The molecule has 0 aliphatic heterocycles. The minimum absolute atomic E-state index is 0.109. The molecule has 0 aliphatic carbocycles. The van der Waals surface area contributed by atoms with E-state index in [1.807, 2.05) is 0 Å². The Morgan fingerprint density at radius 3 is 2.81 bits per heavy atom. The molecule has 0 radical (unpaired) electrons. The van der Waals surface area contributed by atoms with Crippen LogP contribution in [0.4, 0.5) is 5.69 Å². The first-order chi connectivity index (χ1) is 7.41. The Balaban J connectivity index is 2.79. The summed E-state index contributed by atoms with van der Waals surface area (Å²) < 4.78 is 1.37. The van der Waals surface area contributed by atoms with Gasteiger partial charge in [-0.15, -0.1) is 0 Å². The number of rotatable bonds is 4. The molecule has 0 fully saturated rings. The van der Waals surface area contributed by atoms with Crippen molar-refractivity contribution in [2.45, 2.75) is 13.0 Å². The fourth-order valence-corrected chi connectivity index (χ4v) is 1.20. The van der Waals surface area contributed by atoms with Gasteiger partial charge in [0.05, 0.1) is 17.2 Å². The van der Waals surface area contributed by atoms with Crippen LogP contribution in [0.25, 0.3) is 0 Å². The zero-order chi connectivity index (χ0) is 12.3. The summed E-state index contributed by atoms with van der Waals surface area (Å²) in [6.45, 7) is 1.64. The second-order valence-corrected chi connectivity index (χ2v) is 3.51. The van der Waals surface area contributed by atoms with E-state index in [0.29, 0.717) is 0 Å². The summed E-state index contributed by atoms with van der Waals surface area (Å²) in [4.78, 5) is 21.5. The average Bonchev–Trinajstić information content (AvgIpc) is 2.57. The van der Waals surface area contributed by atoms with E-state index in [-0.39, 0.29) is 17.9 Å². The third-order valence-corrected chi connectivity index (χ3v) is 1.99. The SMILES string of the molecule is C[C@@H](O)CNC(=O)c1cc([N+](=O)[O-])cn1C. The van der Waals surface area contributed by atoms with Crippen LogP contribution in [-0.2, 0) is 7.05 Å². The maximum absolute atomic E-state index is 11.5. The Bertz CT molecular complexity index is 411. The number of carbonyl (C=O) groups is 1. The molecular weight excluding hydrogens is 214 g/mol. The number of aryl methyl sites for hydroxylation is 1. The molecule has 0 saturated carbocycles. The molecule has 7 nitrogen and oxygen atoms in total. The number of aliphatic hydroxyl groups is 1. The van der Waals surface area contributed by atoms with Gasteiger partial charge >= 0.3 is 0 Å². The van der Waals surface area contributed by atoms with Gasteiger partial charge in [0.25, 0.3) is 11.6 Å². The van der Waals surface area contributed by atoms with Crippen LogP contribution < -0.4 is 5.32 Å². The summed E-state index contributed by atoms with van der Waals surface area (Å²) in [7, 11) is 1.55. The average molecular weight is 227 g/mol. The van der Waals surface area contributed by atoms with Gasteiger partial charge in [-0.3, -0.25) is 14.9 Å².